The molecule has 0 saturated heterocycles. The molecule has 3 rings (SSSR count). The van der Waals surface area contributed by atoms with Crippen LogP contribution in [-0.2, 0) is 14.3 Å². The first kappa shape index (κ1) is 25.3. The van der Waals surface area contributed by atoms with E-state index in [1.807, 2.05) is 31.2 Å². The molecular formula is C26H35N3O3S. The van der Waals surface area contributed by atoms with E-state index in [1.54, 1.807) is 11.8 Å². The molecule has 33 heavy (non-hydrogen) atoms. The Hall–Kier alpha value is -2.30. The number of benzene rings is 1. The van der Waals surface area contributed by atoms with E-state index in [0.717, 1.165) is 56.2 Å². The maximum Gasteiger partial charge on any atom is 0.223 e. The molecule has 1 aromatic carbocycles. The van der Waals surface area contributed by atoms with Gasteiger partial charge in [-0.25, -0.2) is 0 Å². The van der Waals surface area contributed by atoms with Crippen LogP contribution < -0.4 is 10.6 Å². The molecule has 6 nitrogen and oxygen atoms in total. The van der Waals surface area contributed by atoms with Crippen molar-refractivity contribution in [3.63, 3.8) is 0 Å². The molecular weight excluding hydrogens is 434 g/mol. The van der Waals surface area contributed by atoms with E-state index < -0.39 is 0 Å². The lowest BCUT2D eigenvalue weighted by Crippen LogP contribution is -2.41. The summed E-state index contributed by atoms with van der Waals surface area (Å²) in [7, 11) is 0. The summed E-state index contributed by atoms with van der Waals surface area (Å²) in [6.07, 6.45) is 6.04. The highest BCUT2D eigenvalue weighted by molar-refractivity contribution is 8.03. The fourth-order valence-electron chi connectivity index (χ4n) is 4.72. The Bertz CT molecular complexity index is 893. The maximum atomic E-state index is 13.0. The second-order valence-corrected chi connectivity index (χ2v) is 9.99. The van der Waals surface area contributed by atoms with E-state index in [-0.39, 0.29) is 35.0 Å². The molecule has 3 unspecified atom stereocenters. The van der Waals surface area contributed by atoms with Crippen LogP contribution in [0.5, 0.6) is 0 Å². The monoisotopic (exact) mass is 469 g/mol. The summed E-state index contributed by atoms with van der Waals surface area (Å²) < 4.78 is 5.41. The highest BCUT2D eigenvalue weighted by Crippen LogP contribution is 2.40. The molecule has 1 aromatic rings. The van der Waals surface area contributed by atoms with Crippen LogP contribution in [0.2, 0.25) is 0 Å². The highest BCUT2D eigenvalue weighted by Gasteiger charge is 2.38. The predicted molar refractivity (Wildman–Crippen MR) is 132 cm³/mol. The van der Waals surface area contributed by atoms with Gasteiger partial charge in [0.15, 0.2) is 5.78 Å². The van der Waals surface area contributed by atoms with Gasteiger partial charge in [-0.3, -0.25) is 9.59 Å². The lowest BCUT2D eigenvalue weighted by molar-refractivity contribution is -0.136. The van der Waals surface area contributed by atoms with Crippen LogP contribution in [0, 0.1) is 22.7 Å². The number of nitrogens with zero attached hydrogens (tertiary/aromatic N) is 1. The van der Waals surface area contributed by atoms with Gasteiger partial charge in [0.05, 0.1) is 17.0 Å². The van der Waals surface area contributed by atoms with Gasteiger partial charge in [0.1, 0.15) is 6.61 Å². The first-order valence-electron chi connectivity index (χ1n) is 12.0. The van der Waals surface area contributed by atoms with E-state index in [2.05, 4.69) is 29.0 Å². The van der Waals surface area contributed by atoms with Gasteiger partial charge in [0.2, 0.25) is 5.91 Å². The van der Waals surface area contributed by atoms with E-state index in [4.69, 9.17) is 10.00 Å². The van der Waals surface area contributed by atoms with Crippen LogP contribution in [0.1, 0.15) is 69.9 Å². The number of nitriles is 1. The highest BCUT2D eigenvalue weighted by atomic mass is 32.2. The summed E-state index contributed by atoms with van der Waals surface area (Å²) in [5, 5.41) is 17.7. The predicted octanol–water partition coefficient (Wildman–Crippen LogP) is 4.61. The van der Waals surface area contributed by atoms with Crippen molar-refractivity contribution in [3.8, 4) is 6.07 Å². The van der Waals surface area contributed by atoms with Crippen molar-refractivity contribution in [2.75, 3.05) is 19.8 Å². The van der Waals surface area contributed by atoms with Crippen LogP contribution in [0.15, 0.2) is 29.7 Å². The van der Waals surface area contributed by atoms with Gasteiger partial charge >= 0.3 is 0 Å². The summed E-state index contributed by atoms with van der Waals surface area (Å²) in [6, 6.07) is 9.61. The quantitative estimate of drug-likeness (QED) is 0.549. The first-order valence-corrected chi connectivity index (χ1v) is 13.0. The minimum absolute atomic E-state index is 0.0477. The third-order valence-corrected chi connectivity index (χ3v) is 7.94. The third-order valence-electron chi connectivity index (χ3n) is 6.96. The van der Waals surface area contributed by atoms with Crippen LogP contribution in [0.25, 0.3) is 5.70 Å². The number of rotatable bonds is 9. The number of ketones is 1. The minimum Gasteiger partial charge on any atom is -0.374 e. The summed E-state index contributed by atoms with van der Waals surface area (Å²) in [4.78, 5) is 25.9. The van der Waals surface area contributed by atoms with Crippen LogP contribution in [0.4, 0.5) is 0 Å². The topological polar surface area (TPSA) is 91.2 Å². The number of ether oxygens (including phenoxy) is 1. The Morgan fingerprint density at radius 2 is 2.00 bits per heavy atom. The molecule has 1 aliphatic carbocycles. The number of thioether (sulfide) groups is 1. The number of hydrogen-bond donors (Lipinski definition) is 2. The van der Waals surface area contributed by atoms with Crippen LogP contribution in [0.3, 0.4) is 0 Å². The van der Waals surface area contributed by atoms with E-state index in [0.29, 0.717) is 18.7 Å². The SMILES string of the molecule is CCOCC(=O)C1(CC)CCCCC(C(=O)NCC2NC(c3ccc(C#N)cc3)=CS2)CC1. The number of amides is 1. The smallest absolute Gasteiger partial charge is 0.223 e. The fraction of sp³-hybridized carbons (Fsp3) is 0.577. The molecule has 2 aliphatic rings. The van der Waals surface area contributed by atoms with Gasteiger partial charge < -0.3 is 15.4 Å². The molecule has 0 radical (unpaired) electrons. The standard InChI is InChI=1S/C26H35N3O3S/c1-3-26(23(30)17-32-4-2)13-6-5-7-21(12-14-26)25(31)28-16-24-29-22(18-33-24)20-10-8-19(15-27)9-11-20/h8-11,18,21,24,29H,3-7,12-14,16-17H2,1-2H3,(H,28,31). The second kappa shape index (κ2) is 12.2. The largest absolute Gasteiger partial charge is 0.374 e. The molecule has 2 N–H and O–H groups in total. The Morgan fingerprint density at radius 3 is 2.70 bits per heavy atom. The van der Waals surface area contributed by atoms with E-state index in [9.17, 15) is 9.59 Å². The van der Waals surface area contributed by atoms with Crippen LogP contribution >= 0.6 is 11.8 Å². The number of nitrogens with one attached hydrogen (secondary N) is 2. The Morgan fingerprint density at radius 1 is 1.21 bits per heavy atom. The molecule has 178 valence electrons. The molecule has 0 aromatic heterocycles. The van der Waals surface area contributed by atoms with Crippen molar-refractivity contribution in [2.24, 2.45) is 11.3 Å². The van der Waals surface area contributed by atoms with Crippen molar-refractivity contribution in [2.45, 2.75) is 64.2 Å². The molecule has 1 fully saturated rings. The molecule has 1 amide bonds. The van der Waals surface area contributed by atoms with E-state index in [1.165, 1.54) is 0 Å². The van der Waals surface area contributed by atoms with Crippen LogP contribution in [-0.4, -0.2) is 36.8 Å². The van der Waals surface area contributed by atoms with E-state index >= 15 is 0 Å². The number of carbonyl (C=O) groups is 2. The van der Waals surface area contributed by atoms with Crippen molar-refractivity contribution < 1.29 is 14.3 Å². The molecule has 1 saturated carbocycles. The third kappa shape index (κ3) is 6.61. The lowest BCUT2D eigenvalue weighted by atomic mass is 9.69. The maximum absolute atomic E-state index is 13.0. The normalized spacial score (nSPS) is 25.2. The van der Waals surface area contributed by atoms with Gasteiger partial charge in [-0.2, -0.15) is 5.26 Å². The Labute approximate surface area is 201 Å². The van der Waals surface area contributed by atoms with Crippen molar-refractivity contribution in [1.82, 2.24) is 10.6 Å². The zero-order valence-corrected chi connectivity index (χ0v) is 20.5. The van der Waals surface area contributed by atoms with Crippen molar-refractivity contribution in [1.29, 1.82) is 5.26 Å². The first-order chi connectivity index (χ1) is 16.0. The Balaban J connectivity index is 1.50. The summed E-state index contributed by atoms with van der Waals surface area (Å²) in [5.41, 5.74) is 2.33. The van der Waals surface area contributed by atoms with Gasteiger partial charge in [0.25, 0.3) is 0 Å². The molecule has 0 bridgehead atoms. The molecule has 7 heteroatoms. The number of hydrogen-bond acceptors (Lipinski definition) is 6. The van der Waals surface area contributed by atoms with Crippen molar-refractivity contribution in [3.05, 3.63) is 40.8 Å². The molecule has 3 atom stereocenters. The van der Waals surface area contributed by atoms with Gasteiger partial charge in [0, 0.05) is 30.2 Å². The molecule has 1 aliphatic heterocycles. The van der Waals surface area contributed by atoms with Gasteiger partial charge in [-0.05, 0) is 62.1 Å². The van der Waals surface area contributed by atoms with Crippen molar-refractivity contribution >= 4 is 29.1 Å². The van der Waals surface area contributed by atoms with Gasteiger partial charge in [-0.1, -0.05) is 31.9 Å². The zero-order chi connectivity index (χ0) is 23.7. The summed E-state index contributed by atoms with van der Waals surface area (Å²) >= 11 is 1.65. The number of Topliss-reactive ketones (excluding diaryl/α,β-unsaturated/α-hetero) is 1. The number of carbonyl (C=O) groups excluding carboxylic acids is 2. The average Bonchev–Trinajstić information content (AvgIpc) is 3.31. The zero-order valence-electron chi connectivity index (χ0n) is 19.7. The lowest BCUT2D eigenvalue weighted by Gasteiger charge is -2.35. The second-order valence-electron chi connectivity index (χ2n) is 8.91. The molecule has 1 heterocycles. The molecule has 0 spiro atoms. The summed E-state index contributed by atoms with van der Waals surface area (Å²) in [6.45, 7) is 5.26. The fourth-order valence-corrected chi connectivity index (χ4v) is 5.60. The summed E-state index contributed by atoms with van der Waals surface area (Å²) in [5.74, 6) is 0.239. The van der Waals surface area contributed by atoms with Gasteiger partial charge in [-0.15, -0.1) is 11.8 Å². The minimum atomic E-state index is -0.350. The average molecular weight is 470 g/mol. The Kier molecular flexibility index (Phi) is 9.40.